The SMILES string of the molecule is C.CN[C@H](C(=O)N[C@H](C(=O)N(C)[C@H](/C=C(\C)C(=O)O)C(C)C)C(C)(C)C)C(C)(C)c1ccc(/C=C/c2ccccc2)cc1. The molecule has 0 aliphatic rings. The van der Waals surface area contributed by atoms with Crippen LogP contribution in [0.3, 0.4) is 0 Å². The lowest BCUT2D eigenvalue weighted by Gasteiger charge is -2.40. The van der Waals surface area contributed by atoms with E-state index >= 15 is 0 Å². The van der Waals surface area contributed by atoms with Crippen molar-refractivity contribution in [3.63, 3.8) is 0 Å². The summed E-state index contributed by atoms with van der Waals surface area (Å²) in [5.41, 5.74) is 2.14. The van der Waals surface area contributed by atoms with Crippen LogP contribution in [0.5, 0.6) is 0 Å². The molecule has 0 aliphatic heterocycles. The van der Waals surface area contributed by atoms with Crippen molar-refractivity contribution in [2.45, 2.75) is 86.4 Å². The Labute approximate surface area is 259 Å². The van der Waals surface area contributed by atoms with Crippen molar-refractivity contribution in [1.82, 2.24) is 15.5 Å². The number of carbonyl (C=O) groups is 3. The molecule has 3 atom stereocenters. The van der Waals surface area contributed by atoms with Crippen LogP contribution in [0, 0.1) is 11.3 Å². The molecule has 0 unspecified atom stereocenters. The number of aliphatic carboxylic acids is 1. The number of carboxylic acids is 1. The van der Waals surface area contributed by atoms with E-state index in [1.54, 1.807) is 25.1 Å². The zero-order valence-corrected chi connectivity index (χ0v) is 26.9. The largest absolute Gasteiger partial charge is 0.478 e. The Bertz CT molecular complexity index is 1270. The zero-order chi connectivity index (χ0) is 31.8. The molecule has 43 heavy (non-hydrogen) atoms. The van der Waals surface area contributed by atoms with Crippen molar-refractivity contribution in [3.05, 3.63) is 82.9 Å². The van der Waals surface area contributed by atoms with Crippen LogP contribution in [0.4, 0.5) is 0 Å². The molecular weight excluding hydrogens is 538 g/mol. The van der Waals surface area contributed by atoms with E-state index in [1.165, 1.54) is 6.92 Å². The second-order valence-electron chi connectivity index (χ2n) is 13.0. The number of nitrogens with one attached hydrogen (secondary N) is 2. The van der Waals surface area contributed by atoms with Crippen LogP contribution < -0.4 is 10.6 Å². The number of amides is 2. The zero-order valence-electron chi connectivity index (χ0n) is 26.9. The Kier molecular flexibility index (Phi) is 13.6. The molecule has 7 nitrogen and oxygen atoms in total. The second-order valence-corrected chi connectivity index (χ2v) is 13.0. The maximum atomic E-state index is 13.9. The fraction of sp³-hybridized carbons (Fsp3) is 0.472. The number of rotatable bonds is 12. The van der Waals surface area contributed by atoms with Crippen molar-refractivity contribution in [2.24, 2.45) is 11.3 Å². The summed E-state index contributed by atoms with van der Waals surface area (Å²) in [6.45, 7) is 15.1. The Morgan fingerprint density at radius 1 is 0.860 bits per heavy atom. The molecule has 0 heterocycles. The van der Waals surface area contributed by atoms with Gasteiger partial charge >= 0.3 is 5.97 Å². The highest BCUT2D eigenvalue weighted by Gasteiger charge is 2.41. The summed E-state index contributed by atoms with van der Waals surface area (Å²) in [7, 11) is 3.41. The van der Waals surface area contributed by atoms with Gasteiger partial charge in [-0.3, -0.25) is 9.59 Å². The first-order chi connectivity index (χ1) is 19.5. The number of carboxylic acid groups (broad SMARTS) is 1. The molecule has 236 valence electrons. The predicted octanol–water partition coefficient (Wildman–Crippen LogP) is 6.40. The van der Waals surface area contributed by atoms with Crippen molar-refractivity contribution >= 4 is 29.9 Å². The Hall–Kier alpha value is -3.71. The summed E-state index contributed by atoms with van der Waals surface area (Å²) in [6, 6.07) is 16.3. The third-order valence-electron chi connectivity index (χ3n) is 7.83. The summed E-state index contributed by atoms with van der Waals surface area (Å²) < 4.78 is 0. The van der Waals surface area contributed by atoms with E-state index in [1.807, 2.05) is 103 Å². The summed E-state index contributed by atoms with van der Waals surface area (Å²) in [5, 5.41) is 15.6. The first kappa shape index (κ1) is 37.3. The van der Waals surface area contributed by atoms with Gasteiger partial charge in [0.15, 0.2) is 0 Å². The average Bonchev–Trinajstić information content (AvgIpc) is 2.92. The number of carbonyl (C=O) groups excluding carboxylic acids is 2. The van der Waals surface area contributed by atoms with Crippen LogP contribution in [0.2, 0.25) is 0 Å². The highest BCUT2D eigenvalue weighted by molar-refractivity contribution is 5.91. The van der Waals surface area contributed by atoms with Gasteiger partial charge in [0.25, 0.3) is 0 Å². The van der Waals surface area contributed by atoms with E-state index in [2.05, 4.69) is 22.8 Å². The lowest BCUT2D eigenvalue weighted by atomic mass is 9.76. The van der Waals surface area contributed by atoms with Crippen molar-refractivity contribution in [2.75, 3.05) is 14.1 Å². The molecule has 0 saturated heterocycles. The van der Waals surface area contributed by atoms with Gasteiger partial charge < -0.3 is 20.6 Å². The molecule has 2 aromatic rings. The van der Waals surface area contributed by atoms with Crippen LogP contribution >= 0.6 is 0 Å². The second kappa shape index (κ2) is 15.7. The number of benzene rings is 2. The molecule has 0 fully saturated rings. The summed E-state index contributed by atoms with van der Waals surface area (Å²) in [6.07, 6.45) is 5.72. The van der Waals surface area contributed by atoms with Gasteiger partial charge in [0.1, 0.15) is 6.04 Å². The highest BCUT2D eigenvalue weighted by Crippen LogP contribution is 2.30. The molecule has 0 radical (unpaired) electrons. The molecule has 2 aromatic carbocycles. The first-order valence-corrected chi connectivity index (χ1v) is 14.5. The predicted molar refractivity (Wildman–Crippen MR) is 179 cm³/mol. The Morgan fingerprint density at radius 3 is 1.81 bits per heavy atom. The van der Waals surface area contributed by atoms with Gasteiger partial charge in [-0.2, -0.15) is 0 Å². The lowest BCUT2D eigenvalue weighted by Crippen LogP contribution is -2.61. The third-order valence-corrected chi connectivity index (χ3v) is 7.83. The quantitative estimate of drug-likeness (QED) is 0.196. The van der Waals surface area contributed by atoms with Crippen LogP contribution in [0.15, 0.2) is 66.2 Å². The van der Waals surface area contributed by atoms with E-state index in [0.29, 0.717) is 0 Å². The minimum absolute atomic E-state index is 0. The highest BCUT2D eigenvalue weighted by atomic mass is 16.4. The van der Waals surface area contributed by atoms with E-state index in [-0.39, 0.29) is 30.7 Å². The number of hydrogen-bond donors (Lipinski definition) is 3. The molecule has 2 rings (SSSR count). The molecule has 7 heteroatoms. The first-order valence-electron chi connectivity index (χ1n) is 14.5. The van der Waals surface area contributed by atoms with E-state index in [0.717, 1.165) is 16.7 Å². The molecule has 0 saturated carbocycles. The standard InChI is InChI=1S/C35H49N3O4.CH4/c1-23(2)28(22-24(3)33(41)42)38(10)32(40)30(34(4,5)6)37-31(39)29(36-9)35(7,8)27-20-18-26(19-21-27)17-16-25-14-12-11-13-15-25;/h11-23,28-30,36H,1-10H3,(H,37,39)(H,41,42);1H4/b17-16+,24-22+;/t28-,29-,30-;/m1./s1. The minimum Gasteiger partial charge on any atom is -0.478 e. The minimum atomic E-state index is -1.03. The molecule has 0 spiro atoms. The van der Waals surface area contributed by atoms with Crippen LogP contribution in [0.25, 0.3) is 12.2 Å². The monoisotopic (exact) mass is 591 g/mol. The van der Waals surface area contributed by atoms with Crippen molar-refractivity contribution in [1.29, 1.82) is 0 Å². The van der Waals surface area contributed by atoms with Gasteiger partial charge in [0.2, 0.25) is 11.8 Å². The van der Waals surface area contributed by atoms with Crippen molar-refractivity contribution < 1.29 is 19.5 Å². The molecule has 0 aliphatic carbocycles. The van der Waals surface area contributed by atoms with E-state index in [9.17, 15) is 19.5 Å². The molecule has 3 N–H and O–H groups in total. The Balaban J connectivity index is 0.00000924. The van der Waals surface area contributed by atoms with E-state index in [4.69, 9.17) is 0 Å². The molecular formula is C36H53N3O4. The lowest BCUT2D eigenvalue weighted by molar-refractivity contribution is -0.141. The fourth-order valence-electron chi connectivity index (χ4n) is 5.07. The fourth-order valence-corrected chi connectivity index (χ4v) is 5.07. The van der Waals surface area contributed by atoms with Gasteiger partial charge in [0.05, 0.1) is 12.1 Å². The molecule has 2 amide bonds. The smallest absolute Gasteiger partial charge is 0.331 e. The average molecular weight is 592 g/mol. The maximum Gasteiger partial charge on any atom is 0.331 e. The maximum absolute atomic E-state index is 13.9. The molecule has 0 aromatic heterocycles. The number of hydrogen-bond acceptors (Lipinski definition) is 4. The summed E-state index contributed by atoms with van der Waals surface area (Å²) >= 11 is 0. The number of nitrogens with zero attached hydrogens (tertiary/aromatic N) is 1. The number of likely N-dealkylation sites (N-methyl/N-ethyl adjacent to an activating group) is 2. The van der Waals surface area contributed by atoms with Gasteiger partial charge in [-0.25, -0.2) is 4.79 Å². The topological polar surface area (TPSA) is 98.7 Å². The van der Waals surface area contributed by atoms with E-state index < -0.39 is 34.9 Å². The van der Waals surface area contributed by atoms with Gasteiger partial charge in [-0.05, 0) is 42.0 Å². The molecule has 0 bridgehead atoms. The van der Waals surface area contributed by atoms with Crippen LogP contribution in [-0.4, -0.2) is 60.0 Å². The van der Waals surface area contributed by atoms with Crippen LogP contribution in [0.1, 0.15) is 79.5 Å². The Morgan fingerprint density at radius 2 is 1.37 bits per heavy atom. The summed E-state index contributed by atoms with van der Waals surface area (Å²) in [5.74, 6) is -1.61. The normalized spacial score (nSPS) is 14.5. The van der Waals surface area contributed by atoms with Crippen molar-refractivity contribution in [3.8, 4) is 0 Å². The third kappa shape index (κ3) is 9.92. The van der Waals surface area contributed by atoms with Gasteiger partial charge in [-0.1, -0.05) is 129 Å². The summed E-state index contributed by atoms with van der Waals surface area (Å²) in [4.78, 5) is 40.7. The van der Waals surface area contributed by atoms with Crippen LogP contribution in [-0.2, 0) is 19.8 Å². The van der Waals surface area contributed by atoms with Gasteiger partial charge in [0, 0.05) is 18.0 Å². The van der Waals surface area contributed by atoms with Gasteiger partial charge in [-0.15, -0.1) is 0 Å².